The van der Waals surface area contributed by atoms with Crippen molar-refractivity contribution in [2.75, 3.05) is 20.2 Å². The molecule has 0 aromatic carbocycles. The van der Waals surface area contributed by atoms with Gasteiger partial charge in [0.15, 0.2) is 0 Å². The van der Waals surface area contributed by atoms with Gasteiger partial charge in [0.25, 0.3) is 0 Å². The summed E-state index contributed by atoms with van der Waals surface area (Å²) in [6.45, 7) is 3.08. The average Bonchev–Trinajstić information content (AvgIpc) is 2.27. The minimum atomic E-state index is -0.167. The van der Waals surface area contributed by atoms with Crippen molar-refractivity contribution < 1.29 is 14.3 Å². The molecule has 0 spiro atoms. The first kappa shape index (κ1) is 13.0. The molecule has 1 fully saturated rings. The van der Waals surface area contributed by atoms with Crippen LogP contribution in [0.4, 0.5) is 0 Å². The minimum Gasteiger partial charge on any atom is -0.469 e. The average molecular weight is 228 g/mol. The smallest absolute Gasteiger partial charge is 0.308 e. The van der Waals surface area contributed by atoms with Gasteiger partial charge in [-0.25, -0.2) is 0 Å². The number of ether oxygens (including phenoxy) is 1. The van der Waals surface area contributed by atoms with E-state index in [0.29, 0.717) is 32.4 Å². The lowest BCUT2D eigenvalue weighted by molar-refractivity contribution is -0.149. The predicted molar refractivity (Wildman–Crippen MR) is 59.6 cm³/mol. The van der Waals surface area contributed by atoms with Gasteiger partial charge in [-0.1, -0.05) is 0 Å². The molecule has 0 aromatic rings. The molecular weight excluding hydrogens is 208 g/mol. The lowest BCUT2D eigenvalue weighted by Gasteiger charge is -2.31. The summed E-state index contributed by atoms with van der Waals surface area (Å²) in [6, 6.07) is -0.106. The maximum absolute atomic E-state index is 11.7. The summed E-state index contributed by atoms with van der Waals surface area (Å²) in [5.74, 6) is -0.137. The zero-order chi connectivity index (χ0) is 12.1. The monoisotopic (exact) mass is 228 g/mol. The van der Waals surface area contributed by atoms with Crippen LogP contribution in [-0.4, -0.2) is 43.0 Å². The molecule has 0 bridgehead atoms. The quantitative estimate of drug-likeness (QED) is 0.697. The van der Waals surface area contributed by atoms with Crippen molar-refractivity contribution in [2.24, 2.45) is 11.7 Å². The number of nitrogens with zero attached hydrogens (tertiary/aromatic N) is 1. The highest BCUT2D eigenvalue weighted by Gasteiger charge is 2.27. The zero-order valence-corrected chi connectivity index (χ0v) is 9.94. The van der Waals surface area contributed by atoms with Gasteiger partial charge in [0, 0.05) is 25.6 Å². The third kappa shape index (κ3) is 3.48. The Bertz CT molecular complexity index is 258. The van der Waals surface area contributed by atoms with Crippen LogP contribution in [0.25, 0.3) is 0 Å². The van der Waals surface area contributed by atoms with E-state index in [0.717, 1.165) is 0 Å². The molecule has 1 heterocycles. The number of hydrogen-bond donors (Lipinski definition) is 1. The normalized spacial score (nSPS) is 19.3. The molecule has 1 amide bonds. The van der Waals surface area contributed by atoms with E-state index in [2.05, 4.69) is 4.74 Å². The second kappa shape index (κ2) is 5.84. The third-order valence-corrected chi connectivity index (χ3v) is 2.88. The highest BCUT2D eigenvalue weighted by Crippen LogP contribution is 2.19. The molecular formula is C11H20N2O3. The van der Waals surface area contributed by atoms with Crippen LogP contribution in [0.1, 0.15) is 26.2 Å². The molecule has 5 heteroatoms. The fraction of sp³-hybridized carbons (Fsp3) is 0.818. The number of carbonyl (C=O) groups is 2. The zero-order valence-electron chi connectivity index (χ0n) is 9.94. The van der Waals surface area contributed by atoms with Gasteiger partial charge in [0.1, 0.15) is 0 Å². The van der Waals surface area contributed by atoms with Crippen LogP contribution < -0.4 is 5.73 Å². The maximum atomic E-state index is 11.7. The maximum Gasteiger partial charge on any atom is 0.308 e. The summed E-state index contributed by atoms with van der Waals surface area (Å²) in [6.07, 6.45) is 1.76. The van der Waals surface area contributed by atoms with Crippen molar-refractivity contribution in [1.82, 2.24) is 4.90 Å². The Morgan fingerprint density at radius 1 is 1.44 bits per heavy atom. The first-order valence-corrected chi connectivity index (χ1v) is 5.65. The summed E-state index contributed by atoms with van der Waals surface area (Å²) in [5.41, 5.74) is 5.58. The molecule has 16 heavy (non-hydrogen) atoms. The Morgan fingerprint density at radius 2 is 2.00 bits per heavy atom. The van der Waals surface area contributed by atoms with Crippen molar-refractivity contribution in [1.29, 1.82) is 0 Å². The first-order chi connectivity index (χ1) is 7.54. The van der Waals surface area contributed by atoms with Gasteiger partial charge in [-0.3, -0.25) is 9.59 Å². The van der Waals surface area contributed by atoms with E-state index in [-0.39, 0.29) is 23.8 Å². The molecule has 1 saturated heterocycles. The topological polar surface area (TPSA) is 72.6 Å². The summed E-state index contributed by atoms with van der Waals surface area (Å²) in [4.78, 5) is 24.7. The van der Waals surface area contributed by atoms with E-state index >= 15 is 0 Å². The van der Waals surface area contributed by atoms with Gasteiger partial charge in [0.05, 0.1) is 13.0 Å². The van der Waals surface area contributed by atoms with Gasteiger partial charge in [-0.05, 0) is 19.8 Å². The molecule has 1 aliphatic heterocycles. The number of methoxy groups -OCH3 is 1. The molecule has 1 rings (SSSR count). The second-order valence-electron chi connectivity index (χ2n) is 4.36. The number of hydrogen-bond acceptors (Lipinski definition) is 4. The van der Waals surface area contributed by atoms with Gasteiger partial charge in [-0.15, -0.1) is 0 Å². The number of likely N-dealkylation sites (tertiary alicyclic amines) is 1. The van der Waals surface area contributed by atoms with E-state index in [1.165, 1.54) is 7.11 Å². The largest absolute Gasteiger partial charge is 0.469 e. The predicted octanol–water partition coefficient (Wildman–Crippen LogP) is 0.135. The summed E-state index contributed by atoms with van der Waals surface area (Å²) >= 11 is 0. The van der Waals surface area contributed by atoms with Crippen LogP contribution in [0.15, 0.2) is 0 Å². The van der Waals surface area contributed by atoms with Gasteiger partial charge >= 0.3 is 5.97 Å². The van der Waals surface area contributed by atoms with Crippen LogP contribution in [0.3, 0.4) is 0 Å². The number of amides is 1. The lowest BCUT2D eigenvalue weighted by Crippen LogP contribution is -2.42. The van der Waals surface area contributed by atoms with E-state index in [9.17, 15) is 9.59 Å². The Kier molecular flexibility index (Phi) is 4.73. The lowest BCUT2D eigenvalue weighted by atomic mass is 9.96. The van der Waals surface area contributed by atoms with E-state index in [1.54, 1.807) is 4.90 Å². The molecule has 1 aliphatic rings. The summed E-state index contributed by atoms with van der Waals surface area (Å²) < 4.78 is 4.69. The molecule has 0 radical (unpaired) electrons. The van der Waals surface area contributed by atoms with Crippen LogP contribution in [0, 0.1) is 5.92 Å². The van der Waals surface area contributed by atoms with Crippen molar-refractivity contribution >= 4 is 11.9 Å². The molecule has 1 unspecified atom stereocenters. The number of rotatable bonds is 3. The fourth-order valence-electron chi connectivity index (χ4n) is 1.94. The number of esters is 1. The van der Waals surface area contributed by atoms with Crippen LogP contribution in [0.5, 0.6) is 0 Å². The molecule has 0 saturated carbocycles. The Morgan fingerprint density at radius 3 is 2.44 bits per heavy atom. The molecule has 92 valence electrons. The second-order valence-corrected chi connectivity index (χ2v) is 4.36. The molecule has 2 N–H and O–H groups in total. The van der Waals surface area contributed by atoms with Crippen molar-refractivity contribution in [2.45, 2.75) is 32.2 Å². The van der Waals surface area contributed by atoms with Gasteiger partial charge in [0.2, 0.25) is 5.91 Å². The van der Waals surface area contributed by atoms with E-state index < -0.39 is 0 Å². The molecule has 1 atom stereocenters. The molecule has 5 nitrogen and oxygen atoms in total. The SMILES string of the molecule is COC(=O)C1CCN(C(=O)CC(C)N)CC1. The van der Waals surface area contributed by atoms with E-state index in [1.807, 2.05) is 6.92 Å². The Labute approximate surface area is 95.9 Å². The van der Waals surface area contributed by atoms with Gasteiger partial charge in [-0.2, -0.15) is 0 Å². The van der Waals surface area contributed by atoms with Crippen LogP contribution >= 0.6 is 0 Å². The van der Waals surface area contributed by atoms with Crippen LogP contribution in [0.2, 0.25) is 0 Å². The minimum absolute atomic E-state index is 0.0515. The third-order valence-electron chi connectivity index (χ3n) is 2.88. The highest BCUT2D eigenvalue weighted by molar-refractivity contribution is 5.77. The van der Waals surface area contributed by atoms with Crippen molar-refractivity contribution in [3.63, 3.8) is 0 Å². The van der Waals surface area contributed by atoms with Crippen molar-refractivity contribution in [3.05, 3.63) is 0 Å². The first-order valence-electron chi connectivity index (χ1n) is 5.65. The van der Waals surface area contributed by atoms with Crippen molar-refractivity contribution in [3.8, 4) is 0 Å². The number of nitrogens with two attached hydrogens (primary N) is 1. The van der Waals surface area contributed by atoms with E-state index in [4.69, 9.17) is 5.73 Å². The van der Waals surface area contributed by atoms with Crippen LogP contribution in [-0.2, 0) is 14.3 Å². The van der Waals surface area contributed by atoms with Gasteiger partial charge < -0.3 is 15.4 Å². The summed E-state index contributed by atoms with van der Waals surface area (Å²) in [5, 5.41) is 0. The molecule has 0 aliphatic carbocycles. The Balaban J connectivity index is 2.37. The standard InChI is InChI=1S/C11H20N2O3/c1-8(12)7-10(14)13-5-3-9(4-6-13)11(15)16-2/h8-9H,3-7,12H2,1-2H3. The highest BCUT2D eigenvalue weighted by atomic mass is 16.5. The Hall–Kier alpha value is -1.10. The summed E-state index contributed by atoms with van der Waals surface area (Å²) in [7, 11) is 1.40. The number of piperidine rings is 1. The number of carbonyl (C=O) groups excluding carboxylic acids is 2. The molecule has 0 aromatic heterocycles. The fourth-order valence-corrected chi connectivity index (χ4v) is 1.94.